The second-order valence-electron chi connectivity index (χ2n) is 3.08. The molecular formula is C10H11Br3O2. The lowest BCUT2D eigenvalue weighted by Gasteiger charge is -2.10. The van der Waals surface area contributed by atoms with Gasteiger partial charge in [0.2, 0.25) is 0 Å². The topological polar surface area (TPSA) is 29.5 Å². The maximum atomic E-state index is 9.62. The van der Waals surface area contributed by atoms with Crippen molar-refractivity contribution in [3.8, 4) is 11.5 Å². The molecule has 0 aliphatic rings. The van der Waals surface area contributed by atoms with Gasteiger partial charge in [0.05, 0.1) is 11.6 Å². The Kier molecular flexibility index (Phi) is 5.43. The lowest BCUT2D eigenvalue weighted by Crippen LogP contribution is -2.04. The maximum absolute atomic E-state index is 9.62. The van der Waals surface area contributed by atoms with Crippen molar-refractivity contribution < 1.29 is 9.84 Å². The summed E-state index contributed by atoms with van der Waals surface area (Å²) in [5.41, 5.74) is 1.11. The number of phenols is 1. The maximum Gasteiger partial charge on any atom is 0.172 e. The summed E-state index contributed by atoms with van der Waals surface area (Å²) < 4.78 is 5.73. The summed E-state index contributed by atoms with van der Waals surface area (Å²) in [6.07, 6.45) is 0.875. The molecule has 15 heavy (non-hydrogen) atoms. The van der Waals surface area contributed by atoms with Crippen LogP contribution in [0.5, 0.6) is 11.5 Å². The molecule has 5 heteroatoms. The lowest BCUT2D eigenvalue weighted by atomic mass is 10.1. The third-order valence-corrected chi connectivity index (χ3v) is 4.84. The second kappa shape index (κ2) is 6.11. The van der Waals surface area contributed by atoms with Crippen molar-refractivity contribution in [1.82, 2.24) is 0 Å². The Hall–Kier alpha value is 0.260. The van der Waals surface area contributed by atoms with Gasteiger partial charge >= 0.3 is 0 Å². The Morgan fingerprint density at radius 1 is 1.47 bits per heavy atom. The molecule has 2 nitrogen and oxygen atoms in total. The molecule has 0 radical (unpaired) electrons. The van der Waals surface area contributed by atoms with Crippen LogP contribution in [0.25, 0.3) is 0 Å². The first-order valence-electron chi connectivity index (χ1n) is 4.34. The molecule has 1 aromatic rings. The van der Waals surface area contributed by atoms with Crippen LogP contribution >= 0.6 is 47.8 Å². The van der Waals surface area contributed by atoms with E-state index in [1.54, 1.807) is 7.11 Å². The van der Waals surface area contributed by atoms with Crippen molar-refractivity contribution >= 4 is 47.8 Å². The molecule has 0 spiro atoms. The van der Waals surface area contributed by atoms with Crippen LogP contribution < -0.4 is 4.74 Å². The summed E-state index contributed by atoms with van der Waals surface area (Å²) in [6.45, 7) is 0. The molecule has 1 N–H and O–H groups in total. The van der Waals surface area contributed by atoms with E-state index < -0.39 is 0 Å². The number of ether oxygens (including phenoxy) is 1. The fraction of sp³-hybridized carbons (Fsp3) is 0.400. The third kappa shape index (κ3) is 3.64. The zero-order valence-electron chi connectivity index (χ0n) is 8.14. The average Bonchev–Trinajstić information content (AvgIpc) is 2.22. The van der Waals surface area contributed by atoms with Gasteiger partial charge < -0.3 is 9.84 Å². The van der Waals surface area contributed by atoms with Crippen LogP contribution in [-0.4, -0.2) is 22.4 Å². The SMILES string of the molecule is COc1cc(CC(Br)CBr)cc(Br)c1O. The summed E-state index contributed by atoms with van der Waals surface area (Å²) in [5, 5.41) is 10.5. The standard InChI is InChI=1S/C10H11Br3O2/c1-15-9-4-6(2-7(12)5-11)3-8(13)10(9)14/h3-4,7,14H,2,5H2,1H3. The highest BCUT2D eigenvalue weighted by molar-refractivity contribution is 9.12. The largest absolute Gasteiger partial charge is 0.503 e. The number of aromatic hydroxyl groups is 1. The van der Waals surface area contributed by atoms with Crippen molar-refractivity contribution in [3.63, 3.8) is 0 Å². The summed E-state index contributed by atoms with van der Waals surface area (Å²) >= 11 is 10.2. The Morgan fingerprint density at radius 2 is 2.13 bits per heavy atom. The molecule has 0 aromatic heterocycles. The van der Waals surface area contributed by atoms with Gasteiger partial charge in [0.25, 0.3) is 0 Å². The minimum absolute atomic E-state index is 0.145. The quantitative estimate of drug-likeness (QED) is 0.775. The molecule has 1 unspecified atom stereocenters. The van der Waals surface area contributed by atoms with Crippen molar-refractivity contribution in [2.45, 2.75) is 11.2 Å². The normalized spacial score (nSPS) is 12.5. The molecule has 0 amide bonds. The van der Waals surface area contributed by atoms with Crippen LogP contribution in [0.2, 0.25) is 0 Å². The summed E-state index contributed by atoms with van der Waals surface area (Å²) in [7, 11) is 1.54. The first-order chi connectivity index (χ1) is 7.08. The zero-order chi connectivity index (χ0) is 11.4. The van der Waals surface area contributed by atoms with E-state index in [0.717, 1.165) is 17.3 Å². The van der Waals surface area contributed by atoms with Crippen LogP contribution in [0.15, 0.2) is 16.6 Å². The lowest BCUT2D eigenvalue weighted by molar-refractivity contribution is 0.371. The number of phenolic OH excluding ortho intramolecular Hbond substituents is 1. The Morgan fingerprint density at radius 3 is 2.67 bits per heavy atom. The number of benzene rings is 1. The van der Waals surface area contributed by atoms with Crippen molar-refractivity contribution in [2.24, 2.45) is 0 Å². The van der Waals surface area contributed by atoms with Gasteiger partial charge in [-0.2, -0.15) is 0 Å². The first kappa shape index (κ1) is 13.3. The van der Waals surface area contributed by atoms with Gasteiger partial charge in [0, 0.05) is 10.2 Å². The summed E-state index contributed by atoms with van der Waals surface area (Å²) in [4.78, 5) is 0.374. The van der Waals surface area contributed by atoms with Gasteiger partial charge in [-0.05, 0) is 40.0 Å². The first-order valence-corrected chi connectivity index (χ1v) is 7.17. The van der Waals surface area contributed by atoms with E-state index in [1.165, 1.54) is 0 Å². The highest BCUT2D eigenvalue weighted by Crippen LogP contribution is 2.35. The van der Waals surface area contributed by atoms with Crippen LogP contribution in [0.1, 0.15) is 5.56 Å². The number of hydrogen-bond acceptors (Lipinski definition) is 2. The highest BCUT2D eigenvalue weighted by Gasteiger charge is 2.11. The van der Waals surface area contributed by atoms with Crippen molar-refractivity contribution in [1.29, 1.82) is 0 Å². The molecule has 1 atom stereocenters. The van der Waals surface area contributed by atoms with Gasteiger partial charge in [-0.25, -0.2) is 0 Å². The number of methoxy groups -OCH3 is 1. The van der Waals surface area contributed by atoms with E-state index in [0.29, 0.717) is 15.0 Å². The minimum atomic E-state index is 0.145. The molecule has 0 fully saturated rings. The number of hydrogen-bond donors (Lipinski definition) is 1. The summed E-state index contributed by atoms with van der Waals surface area (Å²) in [5.74, 6) is 0.639. The zero-order valence-corrected chi connectivity index (χ0v) is 12.9. The molecule has 0 aliphatic carbocycles. The molecule has 84 valence electrons. The number of alkyl halides is 2. The Labute approximate surface area is 114 Å². The van der Waals surface area contributed by atoms with Gasteiger partial charge in [-0.1, -0.05) is 31.9 Å². The van der Waals surface area contributed by atoms with E-state index in [-0.39, 0.29) is 5.75 Å². The Bertz CT molecular complexity index is 342. The predicted octanol–water partition coefficient (Wildman–Crippen LogP) is 3.86. The fourth-order valence-electron chi connectivity index (χ4n) is 1.21. The molecule has 0 bridgehead atoms. The molecular weight excluding hydrogens is 392 g/mol. The van der Waals surface area contributed by atoms with Crippen LogP contribution in [0.3, 0.4) is 0 Å². The third-order valence-electron chi connectivity index (χ3n) is 1.93. The van der Waals surface area contributed by atoms with E-state index in [2.05, 4.69) is 47.8 Å². The van der Waals surface area contributed by atoms with Crippen LogP contribution in [0.4, 0.5) is 0 Å². The van der Waals surface area contributed by atoms with E-state index >= 15 is 0 Å². The number of halogens is 3. The van der Waals surface area contributed by atoms with Gasteiger partial charge in [-0.3, -0.25) is 0 Å². The molecule has 0 saturated heterocycles. The smallest absolute Gasteiger partial charge is 0.172 e. The predicted molar refractivity (Wildman–Crippen MR) is 72.6 cm³/mol. The van der Waals surface area contributed by atoms with Gasteiger partial charge in [-0.15, -0.1) is 0 Å². The monoisotopic (exact) mass is 400 g/mol. The Balaban J connectivity index is 2.95. The molecule has 0 heterocycles. The second-order valence-corrected chi connectivity index (χ2v) is 5.88. The van der Waals surface area contributed by atoms with E-state index in [9.17, 15) is 5.11 Å². The molecule has 1 aromatic carbocycles. The van der Waals surface area contributed by atoms with E-state index in [4.69, 9.17) is 4.74 Å². The number of rotatable bonds is 4. The minimum Gasteiger partial charge on any atom is -0.503 e. The molecule has 0 aliphatic heterocycles. The van der Waals surface area contributed by atoms with Crippen molar-refractivity contribution in [3.05, 3.63) is 22.2 Å². The fourth-order valence-corrected chi connectivity index (χ4v) is 2.30. The van der Waals surface area contributed by atoms with Crippen LogP contribution in [-0.2, 0) is 6.42 Å². The summed E-state index contributed by atoms with van der Waals surface area (Å²) in [6, 6.07) is 3.74. The van der Waals surface area contributed by atoms with E-state index in [1.807, 2.05) is 12.1 Å². The average molecular weight is 403 g/mol. The van der Waals surface area contributed by atoms with Gasteiger partial charge in [0.15, 0.2) is 11.5 Å². The molecule has 1 rings (SSSR count). The van der Waals surface area contributed by atoms with Crippen molar-refractivity contribution in [2.75, 3.05) is 12.4 Å². The van der Waals surface area contributed by atoms with Gasteiger partial charge in [0.1, 0.15) is 0 Å². The molecule has 0 saturated carbocycles. The highest BCUT2D eigenvalue weighted by atomic mass is 79.9. The van der Waals surface area contributed by atoms with Crippen LogP contribution in [0, 0.1) is 0 Å².